The van der Waals surface area contributed by atoms with Crippen molar-refractivity contribution in [2.24, 2.45) is 16.1 Å². The highest BCUT2D eigenvalue weighted by Crippen LogP contribution is 2.13. The molecule has 2 N–H and O–H groups in total. The van der Waals surface area contributed by atoms with Gasteiger partial charge in [-0.1, -0.05) is 29.8 Å². The van der Waals surface area contributed by atoms with Gasteiger partial charge in [-0.2, -0.15) is 10.2 Å². The molecule has 0 radical (unpaired) electrons. The number of nitrogens with one attached hydrogen (secondary N) is 2. The topological polar surface area (TPSA) is 82.9 Å². The van der Waals surface area contributed by atoms with E-state index >= 15 is 0 Å². The van der Waals surface area contributed by atoms with Crippen molar-refractivity contribution in [3.8, 4) is 0 Å². The molecule has 6 nitrogen and oxygen atoms in total. The highest BCUT2D eigenvalue weighted by atomic mass is 35.5. The molecule has 0 bridgehead atoms. The number of hydrogen-bond donors (Lipinski definition) is 2. The molecule has 1 aromatic carbocycles. The number of carbonyl (C=O) groups is 2. The quantitative estimate of drug-likeness (QED) is 0.648. The Hall–Kier alpha value is -2.21. The molecule has 1 aliphatic rings. The third-order valence-corrected chi connectivity index (χ3v) is 3.20. The van der Waals surface area contributed by atoms with Crippen molar-refractivity contribution in [1.29, 1.82) is 0 Å². The Morgan fingerprint density at radius 1 is 1.55 bits per heavy atom. The van der Waals surface area contributed by atoms with Gasteiger partial charge >= 0.3 is 0 Å². The van der Waals surface area contributed by atoms with Crippen LogP contribution < -0.4 is 10.9 Å². The van der Waals surface area contributed by atoms with E-state index in [-0.39, 0.29) is 18.2 Å². The largest absolute Gasteiger partial charge is 0.273 e. The van der Waals surface area contributed by atoms with E-state index in [2.05, 4.69) is 21.1 Å². The van der Waals surface area contributed by atoms with Gasteiger partial charge in [0.1, 0.15) is 0 Å². The zero-order chi connectivity index (χ0) is 14.5. The highest BCUT2D eigenvalue weighted by Gasteiger charge is 2.28. The molecule has 0 unspecified atom stereocenters. The maximum absolute atomic E-state index is 11.7. The Morgan fingerprint density at radius 3 is 2.95 bits per heavy atom. The standard InChI is InChI=1S/C13H13ClN4O2/c1-8-10(13(20)18-16-8)6-12(19)17-15-7-9-4-2-3-5-11(9)14/h2-5,7,10H,6H2,1H3,(H,17,19)(H,18,20)/b15-7-/t10-/m1/s1. The first kappa shape index (κ1) is 14.2. The van der Waals surface area contributed by atoms with E-state index in [1.165, 1.54) is 6.21 Å². The van der Waals surface area contributed by atoms with Crippen LogP contribution in [0.3, 0.4) is 0 Å². The fraction of sp³-hybridized carbons (Fsp3) is 0.231. The van der Waals surface area contributed by atoms with Gasteiger partial charge in [-0.15, -0.1) is 0 Å². The van der Waals surface area contributed by atoms with Gasteiger partial charge in [-0.05, 0) is 13.0 Å². The Kier molecular flexibility index (Phi) is 4.47. The van der Waals surface area contributed by atoms with Crippen molar-refractivity contribution in [3.63, 3.8) is 0 Å². The molecule has 2 amide bonds. The van der Waals surface area contributed by atoms with Crippen molar-refractivity contribution in [2.45, 2.75) is 13.3 Å². The minimum absolute atomic E-state index is 0.0149. The lowest BCUT2D eigenvalue weighted by molar-refractivity contribution is -0.127. The van der Waals surface area contributed by atoms with Crippen LogP contribution in [0.25, 0.3) is 0 Å². The molecule has 1 aromatic rings. The molecule has 104 valence electrons. The number of halogens is 1. The van der Waals surface area contributed by atoms with Gasteiger partial charge in [0.2, 0.25) is 11.8 Å². The van der Waals surface area contributed by atoms with Crippen LogP contribution in [0.1, 0.15) is 18.9 Å². The molecular formula is C13H13ClN4O2. The van der Waals surface area contributed by atoms with Crippen molar-refractivity contribution in [3.05, 3.63) is 34.9 Å². The van der Waals surface area contributed by atoms with Crippen molar-refractivity contribution in [2.75, 3.05) is 0 Å². The second kappa shape index (κ2) is 6.29. The molecule has 0 aliphatic carbocycles. The van der Waals surface area contributed by atoms with Crippen LogP contribution in [-0.2, 0) is 9.59 Å². The van der Waals surface area contributed by atoms with Gasteiger partial charge in [0.05, 0.1) is 12.1 Å². The second-order valence-corrected chi connectivity index (χ2v) is 4.71. The third-order valence-electron chi connectivity index (χ3n) is 2.85. The summed E-state index contributed by atoms with van der Waals surface area (Å²) in [6.07, 6.45) is 1.47. The number of hydrogen-bond acceptors (Lipinski definition) is 4. The smallest absolute Gasteiger partial charge is 0.249 e. The number of carbonyl (C=O) groups excluding carboxylic acids is 2. The van der Waals surface area contributed by atoms with Gasteiger partial charge in [0, 0.05) is 22.7 Å². The van der Waals surface area contributed by atoms with Gasteiger partial charge in [-0.25, -0.2) is 10.9 Å². The average molecular weight is 293 g/mol. The molecule has 2 rings (SSSR count). The minimum Gasteiger partial charge on any atom is -0.273 e. The van der Waals surface area contributed by atoms with Crippen LogP contribution in [0.4, 0.5) is 0 Å². The molecule has 1 heterocycles. The monoisotopic (exact) mass is 292 g/mol. The molecule has 0 saturated heterocycles. The summed E-state index contributed by atoms with van der Waals surface area (Å²) in [5, 5.41) is 8.13. The van der Waals surface area contributed by atoms with E-state index in [0.717, 1.165) is 0 Å². The molecule has 0 spiro atoms. The van der Waals surface area contributed by atoms with Gasteiger partial charge in [0.25, 0.3) is 0 Å². The molecule has 0 aromatic heterocycles. The first-order valence-corrected chi connectivity index (χ1v) is 6.36. The molecular weight excluding hydrogens is 280 g/mol. The lowest BCUT2D eigenvalue weighted by atomic mass is 10.0. The van der Waals surface area contributed by atoms with E-state index < -0.39 is 5.92 Å². The number of amides is 2. The normalized spacial score (nSPS) is 18.0. The van der Waals surface area contributed by atoms with Crippen molar-refractivity contribution < 1.29 is 9.59 Å². The zero-order valence-electron chi connectivity index (χ0n) is 10.8. The van der Waals surface area contributed by atoms with E-state index in [1.807, 2.05) is 6.07 Å². The lowest BCUT2D eigenvalue weighted by Gasteiger charge is -2.05. The number of benzene rings is 1. The molecule has 0 saturated carbocycles. The van der Waals surface area contributed by atoms with Gasteiger partial charge in [0.15, 0.2) is 0 Å². The molecule has 0 fully saturated rings. The maximum atomic E-state index is 11.7. The Balaban J connectivity index is 1.88. The van der Waals surface area contributed by atoms with Crippen LogP contribution in [0, 0.1) is 5.92 Å². The van der Waals surface area contributed by atoms with Crippen LogP contribution >= 0.6 is 11.6 Å². The molecule has 7 heteroatoms. The van der Waals surface area contributed by atoms with Gasteiger partial charge in [-0.3, -0.25) is 9.59 Å². The van der Waals surface area contributed by atoms with E-state index in [1.54, 1.807) is 25.1 Å². The minimum atomic E-state index is -0.523. The molecule has 1 atom stereocenters. The van der Waals surface area contributed by atoms with Crippen LogP contribution in [-0.4, -0.2) is 23.7 Å². The average Bonchev–Trinajstić information content (AvgIpc) is 2.73. The predicted octanol–water partition coefficient (Wildman–Crippen LogP) is 1.30. The zero-order valence-corrected chi connectivity index (χ0v) is 11.5. The lowest BCUT2D eigenvalue weighted by Crippen LogP contribution is -2.29. The number of hydrazone groups is 2. The van der Waals surface area contributed by atoms with E-state index in [4.69, 9.17) is 11.6 Å². The van der Waals surface area contributed by atoms with E-state index in [9.17, 15) is 9.59 Å². The summed E-state index contributed by atoms with van der Waals surface area (Å²) in [6.45, 7) is 1.70. The summed E-state index contributed by atoms with van der Waals surface area (Å²) in [4.78, 5) is 23.1. The molecule has 20 heavy (non-hydrogen) atoms. The summed E-state index contributed by atoms with van der Waals surface area (Å²) in [7, 11) is 0. The van der Waals surface area contributed by atoms with Crippen LogP contribution in [0.2, 0.25) is 5.02 Å². The highest BCUT2D eigenvalue weighted by molar-refractivity contribution is 6.33. The maximum Gasteiger partial charge on any atom is 0.249 e. The summed E-state index contributed by atoms with van der Waals surface area (Å²) < 4.78 is 0. The van der Waals surface area contributed by atoms with Crippen LogP contribution in [0.5, 0.6) is 0 Å². The summed E-state index contributed by atoms with van der Waals surface area (Å²) in [5.74, 6) is -1.15. The van der Waals surface area contributed by atoms with E-state index in [0.29, 0.717) is 16.3 Å². The summed E-state index contributed by atoms with van der Waals surface area (Å²) in [5.41, 5.74) is 5.99. The number of rotatable bonds is 4. The summed E-state index contributed by atoms with van der Waals surface area (Å²) in [6, 6.07) is 7.13. The predicted molar refractivity (Wildman–Crippen MR) is 76.5 cm³/mol. The fourth-order valence-electron chi connectivity index (χ4n) is 1.71. The SMILES string of the molecule is CC1=NNC(=O)[C@@H]1CC(=O)N/N=C\c1ccccc1Cl. The molecule has 1 aliphatic heterocycles. The van der Waals surface area contributed by atoms with Crippen molar-refractivity contribution in [1.82, 2.24) is 10.9 Å². The fourth-order valence-corrected chi connectivity index (χ4v) is 1.90. The van der Waals surface area contributed by atoms with Crippen molar-refractivity contribution >= 4 is 35.3 Å². The number of nitrogens with zero attached hydrogens (tertiary/aromatic N) is 2. The summed E-state index contributed by atoms with van der Waals surface area (Å²) >= 11 is 5.94. The Labute approximate surface area is 120 Å². The van der Waals surface area contributed by atoms with Crippen LogP contribution in [0.15, 0.2) is 34.5 Å². The second-order valence-electron chi connectivity index (χ2n) is 4.30. The Morgan fingerprint density at radius 2 is 2.30 bits per heavy atom. The Bertz CT molecular complexity index is 598. The first-order chi connectivity index (χ1) is 9.58. The first-order valence-electron chi connectivity index (χ1n) is 5.98. The third kappa shape index (κ3) is 3.42. The van der Waals surface area contributed by atoms with Gasteiger partial charge < -0.3 is 0 Å².